The van der Waals surface area contributed by atoms with Crippen molar-refractivity contribution in [1.29, 1.82) is 0 Å². The van der Waals surface area contributed by atoms with Gasteiger partial charge in [0.25, 0.3) is 0 Å². The number of hydrogen-bond donors (Lipinski definition) is 0. The van der Waals surface area contributed by atoms with Gasteiger partial charge in [-0.15, -0.1) is 0 Å². The van der Waals surface area contributed by atoms with Crippen LogP contribution in [0.25, 0.3) is 0 Å². The summed E-state index contributed by atoms with van der Waals surface area (Å²) in [5.41, 5.74) is -0.516. The molecule has 1 aliphatic carbocycles. The van der Waals surface area contributed by atoms with Crippen LogP contribution in [0.5, 0.6) is 0 Å². The van der Waals surface area contributed by atoms with Gasteiger partial charge in [0.05, 0.1) is 11.5 Å². The molecule has 0 spiro atoms. The standard InChI is InChI=1S/C24H44O4/c1-8-23(5,6)17-24(7,22(2,3)4)21(25)28-19-14-12-18(13-15-19)27-20-11-9-10-16-26-20/h18-20H,8-17H2,1-7H3. The molecule has 28 heavy (non-hydrogen) atoms. The Morgan fingerprint density at radius 2 is 1.54 bits per heavy atom. The molecule has 2 rings (SSSR count). The van der Waals surface area contributed by atoms with Crippen molar-refractivity contribution in [2.24, 2.45) is 16.2 Å². The minimum absolute atomic E-state index is 0.0195. The van der Waals surface area contributed by atoms with Crippen LogP contribution in [0.4, 0.5) is 0 Å². The molecule has 164 valence electrons. The molecule has 1 heterocycles. The van der Waals surface area contributed by atoms with E-state index in [2.05, 4.69) is 48.5 Å². The average molecular weight is 397 g/mol. The summed E-state index contributed by atoms with van der Waals surface area (Å²) in [6.07, 6.45) is 9.15. The largest absolute Gasteiger partial charge is 0.462 e. The smallest absolute Gasteiger partial charge is 0.312 e. The second kappa shape index (κ2) is 9.47. The van der Waals surface area contributed by atoms with Crippen LogP contribution < -0.4 is 0 Å². The van der Waals surface area contributed by atoms with Gasteiger partial charge in [0.1, 0.15) is 6.10 Å². The minimum atomic E-state index is -0.490. The van der Waals surface area contributed by atoms with Crippen LogP contribution in [0.3, 0.4) is 0 Å². The number of hydrogen-bond acceptors (Lipinski definition) is 4. The fourth-order valence-electron chi connectivity index (χ4n) is 4.33. The monoisotopic (exact) mass is 396 g/mol. The maximum absolute atomic E-state index is 13.3. The molecule has 4 nitrogen and oxygen atoms in total. The highest BCUT2D eigenvalue weighted by Gasteiger charge is 2.49. The van der Waals surface area contributed by atoms with E-state index in [-0.39, 0.29) is 35.3 Å². The van der Waals surface area contributed by atoms with Gasteiger partial charge >= 0.3 is 5.97 Å². The van der Waals surface area contributed by atoms with Gasteiger partial charge < -0.3 is 14.2 Å². The Bertz CT molecular complexity index is 493. The molecule has 1 saturated heterocycles. The molecule has 0 amide bonds. The zero-order valence-corrected chi connectivity index (χ0v) is 19.4. The summed E-state index contributed by atoms with van der Waals surface area (Å²) in [5.74, 6) is -0.0264. The Kier molecular flexibility index (Phi) is 8.00. The summed E-state index contributed by atoms with van der Waals surface area (Å²) < 4.78 is 17.9. The summed E-state index contributed by atoms with van der Waals surface area (Å²) in [6, 6.07) is 0. The Balaban J connectivity index is 1.90. The molecule has 0 radical (unpaired) electrons. The molecule has 0 aromatic carbocycles. The van der Waals surface area contributed by atoms with Gasteiger partial charge in [-0.3, -0.25) is 4.79 Å². The van der Waals surface area contributed by atoms with Crippen molar-refractivity contribution < 1.29 is 19.0 Å². The molecular weight excluding hydrogens is 352 g/mol. The number of ether oxygens (including phenoxy) is 3. The first-order chi connectivity index (χ1) is 13.0. The van der Waals surface area contributed by atoms with Crippen molar-refractivity contribution in [3.63, 3.8) is 0 Å². The summed E-state index contributed by atoms with van der Waals surface area (Å²) >= 11 is 0. The predicted octanol–water partition coefficient (Wildman–Crippen LogP) is 6.26. The lowest BCUT2D eigenvalue weighted by Gasteiger charge is -2.45. The molecule has 4 heteroatoms. The van der Waals surface area contributed by atoms with E-state index < -0.39 is 5.41 Å². The van der Waals surface area contributed by atoms with Gasteiger partial charge in [0, 0.05) is 6.61 Å². The second-order valence-electron chi connectivity index (χ2n) is 11.0. The normalized spacial score (nSPS) is 29.2. The molecule has 2 atom stereocenters. The molecule has 0 bridgehead atoms. The van der Waals surface area contributed by atoms with Gasteiger partial charge in [-0.1, -0.05) is 48.0 Å². The zero-order chi connectivity index (χ0) is 21.0. The van der Waals surface area contributed by atoms with Crippen LogP contribution in [0.15, 0.2) is 0 Å². The van der Waals surface area contributed by atoms with E-state index in [1.165, 1.54) is 6.42 Å². The van der Waals surface area contributed by atoms with Gasteiger partial charge in [-0.2, -0.15) is 0 Å². The first-order valence-electron chi connectivity index (χ1n) is 11.4. The Morgan fingerprint density at radius 3 is 2.04 bits per heavy atom. The summed E-state index contributed by atoms with van der Waals surface area (Å²) in [4.78, 5) is 13.3. The van der Waals surface area contributed by atoms with E-state index in [1.54, 1.807) is 0 Å². The average Bonchev–Trinajstić information content (AvgIpc) is 2.63. The Labute approximate surface area is 173 Å². The first-order valence-corrected chi connectivity index (χ1v) is 11.4. The van der Waals surface area contributed by atoms with Crippen LogP contribution in [0.2, 0.25) is 0 Å². The van der Waals surface area contributed by atoms with E-state index in [0.717, 1.165) is 58.0 Å². The third kappa shape index (κ3) is 6.19. The molecular formula is C24H44O4. The molecule has 0 N–H and O–H groups in total. The minimum Gasteiger partial charge on any atom is -0.462 e. The van der Waals surface area contributed by atoms with Gasteiger partial charge in [-0.25, -0.2) is 0 Å². The van der Waals surface area contributed by atoms with Gasteiger partial charge in [0.15, 0.2) is 6.29 Å². The summed E-state index contributed by atoms with van der Waals surface area (Å²) in [6.45, 7) is 16.1. The number of carbonyl (C=O) groups excluding carboxylic acids is 1. The maximum Gasteiger partial charge on any atom is 0.312 e. The highest BCUT2D eigenvalue weighted by Crippen LogP contribution is 2.49. The zero-order valence-electron chi connectivity index (χ0n) is 19.4. The molecule has 0 aromatic heterocycles. The lowest BCUT2D eigenvalue weighted by molar-refractivity contribution is -0.200. The third-order valence-electron chi connectivity index (χ3n) is 7.27. The van der Waals surface area contributed by atoms with Crippen molar-refractivity contribution in [2.45, 2.75) is 125 Å². The van der Waals surface area contributed by atoms with E-state index in [0.29, 0.717) is 0 Å². The van der Waals surface area contributed by atoms with Gasteiger partial charge in [0.2, 0.25) is 0 Å². The quantitative estimate of drug-likeness (QED) is 0.476. The lowest BCUT2D eigenvalue weighted by atomic mass is 9.60. The van der Waals surface area contributed by atoms with Crippen molar-refractivity contribution >= 4 is 5.97 Å². The molecule has 0 aromatic rings. The topological polar surface area (TPSA) is 44.8 Å². The highest BCUT2D eigenvalue weighted by molar-refractivity contribution is 5.77. The molecule has 2 fully saturated rings. The predicted molar refractivity (Wildman–Crippen MR) is 113 cm³/mol. The maximum atomic E-state index is 13.3. The van der Waals surface area contributed by atoms with E-state index in [9.17, 15) is 4.79 Å². The van der Waals surface area contributed by atoms with Crippen LogP contribution in [0.1, 0.15) is 106 Å². The molecule has 2 unspecified atom stereocenters. The van der Waals surface area contributed by atoms with Gasteiger partial charge in [-0.05, 0) is 69.1 Å². The van der Waals surface area contributed by atoms with Crippen LogP contribution in [0, 0.1) is 16.2 Å². The van der Waals surface area contributed by atoms with Crippen LogP contribution in [-0.2, 0) is 19.0 Å². The first kappa shape index (κ1) is 23.7. The van der Waals surface area contributed by atoms with Crippen LogP contribution in [-0.4, -0.2) is 31.1 Å². The third-order valence-corrected chi connectivity index (χ3v) is 7.27. The summed E-state index contributed by atoms with van der Waals surface area (Å²) in [5, 5.41) is 0. The Hall–Kier alpha value is -0.610. The van der Waals surface area contributed by atoms with Crippen molar-refractivity contribution in [3.8, 4) is 0 Å². The van der Waals surface area contributed by atoms with E-state index in [1.807, 2.05) is 0 Å². The highest BCUT2D eigenvalue weighted by atomic mass is 16.7. The Morgan fingerprint density at radius 1 is 0.929 bits per heavy atom. The van der Waals surface area contributed by atoms with Crippen molar-refractivity contribution in [1.82, 2.24) is 0 Å². The second-order valence-corrected chi connectivity index (χ2v) is 11.0. The van der Waals surface area contributed by atoms with Crippen LogP contribution >= 0.6 is 0 Å². The summed E-state index contributed by atoms with van der Waals surface area (Å²) in [7, 11) is 0. The number of carbonyl (C=O) groups is 1. The van der Waals surface area contributed by atoms with E-state index >= 15 is 0 Å². The SMILES string of the molecule is CCC(C)(C)CC(C)(C(=O)OC1CCC(OC2CCCCO2)CC1)C(C)(C)C. The number of esters is 1. The van der Waals surface area contributed by atoms with Crippen molar-refractivity contribution in [2.75, 3.05) is 6.61 Å². The molecule has 1 saturated carbocycles. The van der Waals surface area contributed by atoms with Crippen molar-refractivity contribution in [3.05, 3.63) is 0 Å². The molecule has 2 aliphatic rings. The number of rotatable bonds is 7. The fourth-order valence-corrected chi connectivity index (χ4v) is 4.33. The fraction of sp³-hybridized carbons (Fsp3) is 0.958. The lowest BCUT2D eigenvalue weighted by Crippen LogP contribution is -2.46. The molecule has 1 aliphatic heterocycles. The van der Waals surface area contributed by atoms with E-state index in [4.69, 9.17) is 14.2 Å².